The van der Waals surface area contributed by atoms with Crippen molar-refractivity contribution < 1.29 is 9.53 Å². The van der Waals surface area contributed by atoms with Crippen LogP contribution in [-0.2, 0) is 17.6 Å². The molecule has 18 heavy (non-hydrogen) atoms. The summed E-state index contributed by atoms with van der Waals surface area (Å²) in [6, 6.07) is 0. The van der Waals surface area contributed by atoms with Gasteiger partial charge < -0.3 is 10.1 Å². The van der Waals surface area contributed by atoms with E-state index >= 15 is 0 Å². The minimum Gasteiger partial charge on any atom is -0.490 e. The van der Waals surface area contributed by atoms with Crippen LogP contribution < -0.4 is 10.1 Å². The molecule has 4 heteroatoms. The number of fused-ring (bicyclic) bond motifs is 1. The zero-order valence-electron chi connectivity index (χ0n) is 10.8. The predicted octanol–water partition coefficient (Wildman–Crippen LogP) is 3.37. The first-order valence-electron chi connectivity index (χ1n) is 6.87. The standard InChI is InChI=1S/C14H19NO2S/c1-2-17-12-10-5-3-4-6-11(10)18-14(12)15-13(16)9-7-8-9/h9H,2-8H2,1H3,(H,15,16). The zero-order chi connectivity index (χ0) is 12.5. The quantitative estimate of drug-likeness (QED) is 0.906. The van der Waals surface area contributed by atoms with Gasteiger partial charge in [-0.05, 0) is 45.4 Å². The first-order valence-corrected chi connectivity index (χ1v) is 7.69. The van der Waals surface area contributed by atoms with Gasteiger partial charge in [-0.2, -0.15) is 0 Å². The number of nitrogens with one attached hydrogen (secondary N) is 1. The zero-order valence-corrected chi connectivity index (χ0v) is 11.6. The third-order valence-electron chi connectivity index (χ3n) is 3.60. The lowest BCUT2D eigenvalue weighted by Gasteiger charge is -2.13. The highest BCUT2D eigenvalue weighted by Gasteiger charge is 2.31. The van der Waals surface area contributed by atoms with E-state index in [1.54, 1.807) is 11.3 Å². The number of hydrogen-bond donors (Lipinski definition) is 1. The summed E-state index contributed by atoms with van der Waals surface area (Å²) in [4.78, 5) is 13.3. The number of rotatable bonds is 4. The van der Waals surface area contributed by atoms with Crippen LogP contribution in [0.15, 0.2) is 0 Å². The molecule has 3 nitrogen and oxygen atoms in total. The monoisotopic (exact) mass is 265 g/mol. The van der Waals surface area contributed by atoms with Crippen LogP contribution in [0.1, 0.15) is 43.0 Å². The molecule has 2 aliphatic carbocycles. The van der Waals surface area contributed by atoms with E-state index in [1.807, 2.05) is 6.92 Å². The smallest absolute Gasteiger partial charge is 0.228 e. The number of aryl methyl sites for hydroxylation is 1. The Labute approximate surface area is 112 Å². The molecule has 1 aromatic heterocycles. The molecule has 1 fully saturated rings. The van der Waals surface area contributed by atoms with Gasteiger partial charge in [-0.1, -0.05) is 0 Å². The van der Waals surface area contributed by atoms with E-state index in [-0.39, 0.29) is 11.8 Å². The van der Waals surface area contributed by atoms with E-state index in [0.717, 1.165) is 36.4 Å². The average Bonchev–Trinajstić information content (AvgIpc) is 3.16. The molecule has 3 rings (SSSR count). The van der Waals surface area contributed by atoms with Gasteiger partial charge in [-0.15, -0.1) is 11.3 Å². The van der Waals surface area contributed by atoms with Crippen LogP contribution in [0.5, 0.6) is 5.75 Å². The summed E-state index contributed by atoms with van der Waals surface area (Å²) in [6.07, 6.45) is 6.82. The molecule has 0 saturated heterocycles. The molecule has 98 valence electrons. The predicted molar refractivity (Wildman–Crippen MR) is 73.5 cm³/mol. The van der Waals surface area contributed by atoms with Crippen molar-refractivity contribution in [2.24, 2.45) is 5.92 Å². The van der Waals surface area contributed by atoms with Gasteiger partial charge >= 0.3 is 0 Å². The Kier molecular flexibility index (Phi) is 3.29. The number of amides is 1. The van der Waals surface area contributed by atoms with Gasteiger partial charge in [0.05, 0.1) is 6.61 Å². The molecule has 1 saturated carbocycles. The fraction of sp³-hybridized carbons (Fsp3) is 0.643. The Morgan fingerprint density at radius 3 is 2.89 bits per heavy atom. The molecule has 1 N–H and O–H groups in total. The van der Waals surface area contributed by atoms with Crippen LogP contribution in [0.3, 0.4) is 0 Å². The molecule has 0 spiro atoms. The van der Waals surface area contributed by atoms with E-state index in [9.17, 15) is 4.79 Å². The fourth-order valence-corrected chi connectivity index (χ4v) is 3.71. The molecule has 0 radical (unpaired) electrons. The van der Waals surface area contributed by atoms with Gasteiger partial charge in [-0.25, -0.2) is 0 Å². The van der Waals surface area contributed by atoms with Crippen molar-refractivity contribution in [2.45, 2.75) is 45.4 Å². The van der Waals surface area contributed by atoms with Crippen LogP contribution >= 0.6 is 11.3 Å². The fourth-order valence-electron chi connectivity index (χ4n) is 2.48. The van der Waals surface area contributed by atoms with Gasteiger partial charge in [0.15, 0.2) is 5.75 Å². The molecule has 0 bridgehead atoms. The van der Waals surface area contributed by atoms with Crippen molar-refractivity contribution >= 4 is 22.2 Å². The third kappa shape index (κ3) is 2.26. The summed E-state index contributed by atoms with van der Waals surface area (Å²) in [5.74, 6) is 1.37. The minimum atomic E-state index is 0.176. The van der Waals surface area contributed by atoms with Crippen LogP contribution in [0, 0.1) is 5.92 Å². The summed E-state index contributed by atoms with van der Waals surface area (Å²) >= 11 is 1.72. The van der Waals surface area contributed by atoms with Crippen LogP contribution in [0.4, 0.5) is 5.00 Å². The topological polar surface area (TPSA) is 38.3 Å². The Morgan fingerprint density at radius 2 is 2.17 bits per heavy atom. The number of hydrogen-bond acceptors (Lipinski definition) is 3. The van der Waals surface area contributed by atoms with Gasteiger partial charge in [0.1, 0.15) is 5.00 Å². The van der Waals surface area contributed by atoms with Crippen molar-refractivity contribution in [1.29, 1.82) is 0 Å². The second-order valence-electron chi connectivity index (χ2n) is 5.07. The van der Waals surface area contributed by atoms with Gasteiger partial charge in [0.25, 0.3) is 0 Å². The van der Waals surface area contributed by atoms with Gasteiger partial charge in [-0.3, -0.25) is 4.79 Å². The number of thiophene rings is 1. The Hall–Kier alpha value is -1.03. The normalized spacial score (nSPS) is 18.3. The molecule has 0 atom stereocenters. The summed E-state index contributed by atoms with van der Waals surface area (Å²) in [5.41, 5.74) is 1.35. The number of carbonyl (C=O) groups excluding carboxylic acids is 1. The van der Waals surface area contributed by atoms with Crippen molar-refractivity contribution in [3.63, 3.8) is 0 Å². The number of ether oxygens (including phenoxy) is 1. The third-order valence-corrected chi connectivity index (χ3v) is 4.78. The summed E-state index contributed by atoms with van der Waals surface area (Å²) in [5, 5.41) is 4.01. The lowest BCUT2D eigenvalue weighted by Crippen LogP contribution is -2.13. The Bertz CT molecular complexity index is 463. The highest BCUT2D eigenvalue weighted by atomic mass is 32.1. The van der Waals surface area contributed by atoms with Crippen molar-refractivity contribution in [2.75, 3.05) is 11.9 Å². The maximum Gasteiger partial charge on any atom is 0.228 e. The Balaban J connectivity index is 1.86. The molecule has 0 aromatic carbocycles. The highest BCUT2D eigenvalue weighted by molar-refractivity contribution is 7.17. The summed E-state index contributed by atoms with van der Waals surface area (Å²) in [6.45, 7) is 2.66. The van der Waals surface area contributed by atoms with Crippen molar-refractivity contribution in [3.8, 4) is 5.75 Å². The van der Waals surface area contributed by atoms with Crippen LogP contribution in [0.2, 0.25) is 0 Å². The minimum absolute atomic E-state index is 0.176. The maximum atomic E-state index is 11.9. The van der Waals surface area contributed by atoms with Crippen molar-refractivity contribution in [1.82, 2.24) is 0 Å². The van der Waals surface area contributed by atoms with Gasteiger partial charge in [0, 0.05) is 16.4 Å². The van der Waals surface area contributed by atoms with Crippen LogP contribution in [-0.4, -0.2) is 12.5 Å². The molecule has 1 amide bonds. The van der Waals surface area contributed by atoms with E-state index in [2.05, 4.69) is 5.32 Å². The molecule has 1 aromatic rings. The molecule has 0 unspecified atom stereocenters. The molecule has 1 heterocycles. The maximum absolute atomic E-state index is 11.9. The molecular weight excluding hydrogens is 246 g/mol. The highest BCUT2D eigenvalue weighted by Crippen LogP contribution is 2.44. The van der Waals surface area contributed by atoms with E-state index in [1.165, 1.54) is 23.3 Å². The first kappa shape index (κ1) is 12.0. The second kappa shape index (κ2) is 4.92. The lowest BCUT2D eigenvalue weighted by molar-refractivity contribution is -0.117. The average molecular weight is 265 g/mol. The van der Waals surface area contributed by atoms with E-state index < -0.39 is 0 Å². The summed E-state index contributed by atoms with van der Waals surface area (Å²) in [7, 11) is 0. The molecular formula is C14H19NO2S. The summed E-state index contributed by atoms with van der Waals surface area (Å²) < 4.78 is 5.77. The first-order chi connectivity index (χ1) is 8.79. The number of anilines is 1. The van der Waals surface area contributed by atoms with Crippen LogP contribution in [0.25, 0.3) is 0 Å². The molecule has 0 aliphatic heterocycles. The van der Waals surface area contributed by atoms with E-state index in [4.69, 9.17) is 4.74 Å². The second-order valence-corrected chi connectivity index (χ2v) is 6.17. The van der Waals surface area contributed by atoms with E-state index in [0.29, 0.717) is 6.61 Å². The van der Waals surface area contributed by atoms with Crippen molar-refractivity contribution in [3.05, 3.63) is 10.4 Å². The molecule has 2 aliphatic rings. The van der Waals surface area contributed by atoms with Gasteiger partial charge in [0.2, 0.25) is 5.91 Å². The Morgan fingerprint density at radius 1 is 1.39 bits per heavy atom. The largest absolute Gasteiger partial charge is 0.490 e. The lowest BCUT2D eigenvalue weighted by atomic mass is 9.99. The number of carbonyl (C=O) groups is 1. The SMILES string of the molecule is CCOc1c(NC(=O)C2CC2)sc2c1CCCC2.